The fraction of sp³-hybridized carbons (Fsp3) is 0.538. The van der Waals surface area contributed by atoms with Gasteiger partial charge >= 0.3 is 0 Å². The van der Waals surface area contributed by atoms with Crippen molar-refractivity contribution < 1.29 is 4.79 Å². The van der Waals surface area contributed by atoms with Crippen LogP contribution >= 0.6 is 0 Å². The average molecular weight is 235 g/mol. The zero-order valence-corrected chi connectivity index (χ0v) is 10.8. The number of carbonyl (C=O) groups is 1. The minimum atomic E-state index is -0.0249. The van der Waals surface area contributed by atoms with Gasteiger partial charge < -0.3 is 10.6 Å². The Hall–Kier alpha value is -1.58. The van der Waals surface area contributed by atoms with Gasteiger partial charge in [-0.1, -0.05) is 13.3 Å². The zero-order chi connectivity index (χ0) is 12.7. The van der Waals surface area contributed by atoms with Gasteiger partial charge in [0.25, 0.3) is 5.91 Å². The van der Waals surface area contributed by atoms with E-state index in [-0.39, 0.29) is 5.91 Å². The van der Waals surface area contributed by atoms with E-state index in [4.69, 9.17) is 0 Å². The van der Waals surface area contributed by atoms with Gasteiger partial charge in [-0.25, -0.2) is 4.98 Å². The predicted molar refractivity (Wildman–Crippen MR) is 70.4 cm³/mol. The molecule has 0 radical (unpaired) electrons. The number of carbonyl (C=O) groups excluding carboxylic acids is 1. The molecule has 0 saturated heterocycles. The summed E-state index contributed by atoms with van der Waals surface area (Å²) in [6, 6.07) is 3.60. The number of aromatic nitrogens is 1. The normalized spacial score (nSPS) is 10.1. The third-order valence-corrected chi connectivity index (χ3v) is 2.39. The molecule has 4 nitrogen and oxygen atoms in total. The molecule has 1 aromatic heterocycles. The molecule has 0 saturated carbocycles. The summed E-state index contributed by atoms with van der Waals surface area (Å²) in [5, 5.41) is 6.02. The molecule has 0 aliphatic heterocycles. The van der Waals surface area contributed by atoms with Gasteiger partial charge in [0, 0.05) is 24.3 Å². The molecular weight excluding hydrogens is 214 g/mol. The van der Waals surface area contributed by atoms with Crippen molar-refractivity contribution in [3.63, 3.8) is 0 Å². The lowest BCUT2D eigenvalue weighted by Crippen LogP contribution is -2.24. The van der Waals surface area contributed by atoms with Gasteiger partial charge in [-0.15, -0.1) is 0 Å². The van der Waals surface area contributed by atoms with Crippen LogP contribution in [0.4, 0.5) is 5.82 Å². The second-order valence-corrected chi connectivity index (χ2v) is 4.02. The van der Waals surface area contributed by atoms with Gasteiger partial charge in [0.05, 0.1) is 0 Å². The van der Waals surface area contributed by atoms with Crippen molar-refractivity contribution in [2.45, 2.75) is 33.6 Å². The third kappa shape index (κ3) is 4.43. The van der Waals surface area contributed by atoms with Crippen LogP contribution in [0, 0.1) is 6.92 Å². The number of anilines is 1. The maximum absolute atomic E-state index is 11.9. The van der Waals surface area contributed by atoms with E-state index in [9.17, 15) is 4.79 Å². The van der Waals surface area contributed by atoms with E-state index in [1.165, 1.54) is 0 Å². The molecule has 17 heavy (non-hydrogen) atoms. The van der Waals surface area contributed by atoms with Gasteiger partial charge in [0.15, 0.2) is 0 Å². The first-order valence-electron chi connectivity index (χ1n) is 6.18. The molecule has 4 heteroatoms. The zero-order valence-electron chi connectivity index (χ0n) is 10.8. The smallest absolute Gasteiger partial charge is 0.251 e. The summed E-state index contributed by atoms with van der Waals surface area (Å²) in [4.78, 5) is 16.2. The predicted octanol–water partition coefficient (Wildman–Crippen LogP) is 2.35. The van der Waals surface area contributed by atoms with Crippen molar-refractivity contribution in [1.29, 1.82) is 0 Å². The molecule has 2 N–H and O–H groups in total. The highest BCUT2D eigenvalue weighted by Gasteiger charge is 2.07. The van der Waals surface area contributed by atoms with Crippen molar-refractivity contribution >= 4 is 11.7 Å². The quantitative estimate of drug-likeness (QED) is 0.744. The Morgan fingerprint density at radius 2 is 2.12 bits per heavy atom. The second kappa shape index (κ2) is 6.89. The van der Waals surface area contributed by atoms with Crippen molar-refractivity contribution in [3.8, 4) is 0 Å². The summed E-state index contributed by atoms with van der Waals surface area (Å²) in [7, 11) is 0. The number of nitrogens with zero attached hydrogens (tertiary/aromatic N) is 1. The summed E-state index contributed by atoms with van der Waals surface area (Å²) in [6.45, 7) is 7.53. The van der Waals surface area contributed by atoms with Crippen LogP contribution in [-0.4, -0.2) is 24.0 Å². The number of nitrogens with one attached hydrogen (secondary N) is 2. The van der Waals surface area contributed by atoms with Crippen molar-refractivity contribution in [2.24, 2.45) is 0 Å². The Morgan fingerprint density at radius 3 is 2.76 bits per heavy atom. The molecule has 94 valence electrons. The highest BCUT2D eigenvalue weighted by molar-refractivity contribution is 5.94. The molecule has 0 fully saturated rings. The number of unbranched alkanes of at least 4 members (excludes halogenated alkanes) is 1. The molecule has 1 heterocycles. The Kier molecular flexibility index (Phi) is 5.46. The monoisotopic (exact) mass is 235 g/mol. The van der Waals surface area contributed by atoms with Crippen LogP contribution in [-0.2, 0) is 0 Å². The lowest BCUT2D eigenvalue weighted by Gasteiger charge is -2.08. The van der Waals surface area contributed by atoms with Crippen molar-refractivity contribution in [3.05, 3.63) is 23.4 Å². The number of aryl methyl sites for hydroxylation is 1. The molecule has 0 atom stereocenters. The summed E-state index contributed by atoms with van der Waals surface area (Å²) < 4.78 is 0. The fourth-order valence-electron chi connectivity index (χ4n) is 1.55. The van der Waals surface area contributed by atoms with Gasteiger partial charge in [-0.05, 0) is 32.4 Å². The Balaban J connectivity index is 2.71. The molecule has 1 aromatic rings. The third-order valence-electron chi connectivity index (χ3n) is 2.39. The lowest BCUT2D eigenvalue weighted by molar-refractivity contribution is 0.0953. The number of hydrogen-bond acceptors (Lipinski definition) is 3. The summed E-state index contributed by atoms with van der Waals surface area (Å²) in [6.07, 6.45) is 2.09. The van der Waals surface area contributed by atoms with E-state index in [2.05, 4.69) is 22.5 Å². The molecule has 0 spiro atoms. The first-order chi connectivity index (χ1) is 8.17. The molecule has 0 aromatic carbocycles. The molecule has 1 rings (SSSR count). The summed E-state index contributed by atoms with van der Waals surface area (Å²) in [5.74, 6) is 0.733. The lowest BCUT2D eigenvalue weighted by atomic mass is 10.2. The van der Waals surface area contributed by atoms with Crippen LogP contribution in [0.1, 0.15) is 42.7 Å². The molecule has 1 amide bonds. The molecule has 0 aliphatic carbocycles. The molecular formula is C13H21N3O. The van der Waals surface area contributed by atoms with Crippen LogP contribution in [0.25, 0.3) is 0 Å². The average Bonchev–Trinajstić information content (AvgIpc) is 2.29. The number of hydrogen-bond donors (Lipinski definition) is 2. The largest absolute Gasteiger partial charge is 0.370 e. The number of pyridine rings is 1. The van der Waals surface area contributed by atoms with Gasteiger partial charge in [0.1, 0.15) is 5.82 Å². The van der Waals surface area contributed by atoms with E-state index < -0.39 is 0 Å². The van der Waals surface area contributed by atoms with Crippen LogP contribution in [0.5, 0.6) is 0 Å². The molecule has 0 bridgehead atoms. The van der Waals surface area contributed by atoms with E-state index in [1.807, 2.05) is 19.9 Å². The Morgan fingerprint density at radius 1 is 1.35 bits per heavy atom. The van der Waals surface area contributed by atoms with E-state index in [0.717, 1.165) is 37.4 Å². The standard InChI is InChI=1S/C13H21N3O/c1-4-6-7-15-13(17)11-8-10(3)16-12(9-11)14-5-2/h8-9H,4-7H2,1-3H3,(H,14,16)(H,15,17). The Bertz CT molecular complexity index is 377. The SMILES string of the molecule is CCCCNC(=O)c1cc(C)nc(NCC)c1. The minimum Gasteiger partial charge on any atom is -0.370 e. The molecule has 0 unspecified atom stereocenters. The van der Waals surface area contributed by atoms with Crippen LogP contribution in [0.15, 0.2) is 12.1 Å². The van der Waals surface area contributed by atoms with Gasteiger partial charge in [-0.3, -0.25) is 4.79 Å². The van der Waals surface area contributed by atoms with E-state index in [0.29, 0.717) is 5.56 Å². The first kappa shape index (κ1) is 13.5. The number of rotatable bonds is 6. The van der Waals surface area contributed by atoms with E-state index in [1.54, 1.807) is 6.07 Å². The minimum absolute atomic E-state index is 0.0249. The van der Waals surface area contributed by atoms with Crippen LogP contribution < -0.4 is 10.6 Å². The highest BCUT2D eigenvalue weighted by Crippen LogP contribution is 2.10. The second-order valence-electron chi connectivity index (χ2n) is 4.02. The van der Waals surface area contributed by atoms with E-state index >= 15 is 0 Å². The highest BCUT2D eigenvalue weighted by atomic mass is 16.1. The fourth-order valence-corrected chi connectivity index (χ4v) is 1.55. The maximum atomic E-state index is 11.9. The topological polar surface area (TPSA) is 54.0 Å². The van der Waals surface area contributed by atoms with Crippen LogP contribution in [0.2, 0.25) is 0 Å². The molecule has 0 aliphatic rings. The van der Waals surface area contributed by atoms with Crippen molar-refractivity contribution in [1.82, 2.24) is 10.3 Å². The maximum Gasteiger partial charge on any atom is 0.251 e. The van der Waals surface area contributed by atoms with Crippen LogP contribution in [0.3, 0.4) is 0 Å². The number of amides is 1. The Labute approximate surface area is 103 Å². The van der Waals surface area contributed by atoms with Gasteiger partial charge in [0.2, 0.25) is 0 Å². The van der Waals surface area contributed by atoms with Crippen molar-refractivity contribution in [2.75, 3.05) is 18.4 Å². The first-order valence-corrected chi connectivity index (χ1v) is 6.18. The summed E-state index contributed by atoms with van der Waals surface area (Å²) in [5.41, 5.74) is 1.52. The summed E-state index contributed by atoms with van der Waals surface area (Å²) >= 11 is 0. The van der Waals surface area contributed by atoms with Gasteiger partial charge in [-0.2, -0.15) is 0 Å².